The molecule has 0 aliphatic heterocycles. The summed E-state index contributed by atoms with van der Waals surface area (Å²) < 4.78 is 0. The van der Waals surface area contributed by atoms with Crippen molar-refractivity contribution < 1.29 is 4.79 Å². The Morgan fingerprint density at radius 3 is 2.53 bits per heavy atom. The number of nitrogens with zero attached hydrogens (tertiary/aromatic N) is 1. The van der Waals surface area contributed by atoms with Crippen molar-refractivity contribution in [2.24, 2.45) is 0 Å². The second-order valence-corrected chi connectivity index (χ2v) is 4.84. The van der Waals surface area contributed by atoms with Gasteiger partial charge in [-0.15, -0.1) is 11.8 Å². The van der Waals surface area contributed by atoms with E-state index in [4.69, 9.17) is 0 Å². The van der Waals surface area contributed by atoms with Crippen LogP contribution >= 0.6 is 11.8 Å². The van der Waals surface area contributed by atoms with Crippen LogP contribution in [-0.2, 0) is 0 Å². The molecule has 86 valence electrons. The summed E-state index contributed by atoms with van der Waals surface area (Å²) in [5.41, 5.74) is 1.17. The molecule has 0 atom stereocenters. The first kappa shape index (κ1) is 11.9. The molecule has 17 heavy (non-hydrogen) atoms. The number of carbonyl (C=O) groups is 1. The Hall–Kier alpha value is -1.61. The van der Waals surface area contributed by atoms with Gasteiger partial charge in [0.25, 0.3) is 0 Å². The van der Waals surface area contributed by atoms with Gasteiger partial charge in [-0.05, 0) is 42.2 Å². The lowest BCUT2D eigenvalue weighted by Crippen LogP contribution is -2.03. The lowest BCUT2D eigenvalue weighted by molar-refractivity contribution is 0.103. The number of rotatable bonds is 4. The van der Waals surface area contributed by atoms with Crippen molar-refractivity contribution in [3.05, 3.63) is 59.9 Å². The third-order valence-corrected chi connectivity index (χ3v) is 3.22. The normalized spacial score (nSPS) is 10.2. The van der Waals surface area contributed by atoms with Gasteiger partial charge in [0, 0.05) is 16.7 Å². The van der Waals surface area contributed by atoms with Gasteiger partial charge < -0.3 is 0 Å². The van der Waals surface area contributed by atoms with E-state index in [-0.39, 0.29) is 5.78 Å². The van der Waals surface area contributed by atoms with Gasteiger partial charge in [-0.3, -0.25) is 9.78 Å². The highest BCUT2D eigenvalue weighted by atomic mass is 32.2. The quantitative estimate of drug-likeness (QED) is 0.608. The van der Waals surface area contributed by atoms with E-state index >= 15 is 0 Å². The van der Waals surface area contributed by atoms with Crippen LogP contribution in [0.25, 0.3) is 0 Å². The molecule has 0 aliphatic rings. The zero-order valence-electron chi connectivity index (χ0n) is 9.59. The summed E-state index contributed by atoms with van der Waals surface area (Å²) in [5.74, 6) is 1.01. The van der Waals surface area contributed by atoms with Crippen molar-refractivity contribution in [1.29, 1.82) is 0 Å². The van der Waals surface area contributed by atoms with E-state index < -0.39 is 0 Å². The van der Waals surface area contributed by atoms with E-state index in [0.29, 0.717) is 11.3 Å². The topological polar surface area (TPSA) is 30.0 Å². The molecular formula is C14H13NOS. The highest BCUT2D eigenvalue weighted by molar-refractivity contribution is 7.99. The first-order chi connectivity index (χ1) is 8.31. The Morgan fingerprint density at radius 2 is 1.94 bits per heavy atom. The van der Waals surface area contributed by atoms with Crippen LogP contribution in [0.2, 0.25) is 0 Å². The highest BCUT2D eigenvalue weighted by Gasteiger charge is 2.09. The van der Waals surface area contributed by atoms with Crippen LogP contribution < -0.4 is 0 Å². The maximum atomic E-state index is 12.0. The molecule has 1 aromatic heterocycles. The molecule has 0 unspecified atom stereocenters. The maximum absolute atomic E-state index is 12.0. The van der Waals surface area contributed by atoms with Gasteiger partial charge >= 0.3 is 0 Å². The van der Waals surface area contributed by atoms with Crippen LogP contribution in [0.1, 0.15) is 23.0 Å². The number of benzene rings is 1. The Labute approximate surface area is 105 Å². The Morgan fingerprint density at radius 1 is 1.18 bits per heavy atom. The summed E-state index contributed by atoms with van der Waals surface area (Å²) in [6, 6.07) is 13.0. The number of carbonyl (C=O) groups excluding carboxylic acids is 1. The number of ketones is 1. The molecule has 0 aliphatic carbocycles. The molecule has 2 nitrogen and oxygen atoms in total. The molecule has 0 radical (unpaired) electrons. The second-order valence-electron chi connectivity index (χ2n) is 3.50. The van der Waals surface area contributed by atoms with Crippen LogP contribution in [0.5, 0.6) is 0 Å². The summed E-state index contributed by atoms with van der Waals surface area (Å²) in [6.07, 6.45) is 1.63. The lowest BCUT2D eigenvalue weighted by Gasteiger charge is -2.02. The molecule has 0 N–H and O–H groups in total. The fourth-order valence-corrected chi connectivity index (χ4v) is 2.18. The Balaban J connectivity index is 2.20. The molecule has 0 fully saturated rings. The van der Waals surface area contributed by atoms with E-state index in [9.17, 15) is 4.79 Å². The number of thioether (sulfide) groups is 1. The zero-order valence-corrected chi connectivity index (χ0v) is 10.4. The number of aromatic nitrogens is 1. The molecule has 3 heteroatoms. The van der Waals surface area contributed by atoms with Crippen LogP contribution in [0.15, 0.2) is 53.6 Å². The van der Waals surface area contributed by atoms with Gasteiger partial charge in [-0.2, -0.15) is 0 Å². The summed E-state index contributed by atoms with van der Waals surface area (Å²) in [4.78, 5) is 17.3. The van der Waals surface area contributed by atoms with Crippen molar-refractivity contribution in [3.63, 3.8) is 0 Å². The average Bonchev–Trinajstić information content (AvgIpc) is 2.40. The van der Waals surface area contributed by atoms with E-state index in [1.165, 1.54) is 4.90 Å². The van der Waals surface area contributed by atoms with Crippen molar-refractivity contribution >= 4 is 17.5 Å². The van der Waals surface area contributed by atoms with Gasteiger partial charge in [0.05, 0.1) is 0 Å². The van der Waals surface area contributed by atoms with Crippen molar-refractivity contribution in [1.82, 2.24) is 4.98 Å². The van der Waals surface area contributed by atoms with Crippen LogP contribution in [0, 0.1) is 0 Å². The maximum Gasteiger partial charge on any atom is 0.211 e. The Bertz CT molecular complexity index is 493. The van der Waals surface area contributed by atoms with Gasteiger partial charge in [0.15, 0.2) is 0 Å². The molecule has 0 bridgehead atoms. The van der Waals surface area contributed by atoms with Crippen LogP contribution in [-0.4, -0.2) is 16.5 Å². The monoisotopic (exact) mass is 243 g/mol. The van der Waals surface area contributed by atoms with E-state index in [0.717, 1.165) is 5.75 Å². The minimum Gasteiger partial charge on any atom is -0.287 e. The summed E-state index contributed by atoms with van der Waals surface area (Å²) >= 11 is 1.76. The minimum absolute atomic E-state index is 0.0290. The number of hydrogen-bond acceptors (Lipinski definition) is 3. The Kier molecular flexibility index (Phi) is 3.94. The fraction of sp³-hybridized carbons (Fsp3) is 0.143. The number of hydrogen-bond donors (Lipinski definition) is 0. The zero-order chi connectivity index (χ0) is 12.1. The van der Waals surface area contributed by atoms with E-state index in [1.807, 2.05) is 30.3 Å². The van der Waals surface area contributed by atoms with Crippen LogP contribution in [0.3, 0.4) is 0 Å². The van der Waals surface area contributed by atoms with E-state index in [1.54, 1.807) is 30.1 Å². The largest absolute Gasteiger partial charge is 0.287 e. The van der Waals surface area contributed by atoms with E-state index in [2.05, 4.69) is 11.9 Å². The summed E-state index contributed by atoms with van der Waals surface area (Å²) in [5, 5.41) is 0. The molecule has 0 saturated carbocycles. The summed E-state index contributed by atoms with van der Waals surface area (Å²) in [7, 11) is 0. The second kappa shape index (κ2) is 5.64. The molecule has 0 amide bonds. The third-order valence-electron chi connectivity index (χ3n) is 2.33. The molecule has 0 spiro atoms. The van der Waals surface area contributed by atoms with Gasteiger partial charge in [0.1, 0.15) is 5.69 Å². The molecule has 0 saturated heterocycles. The van der Waals surface area contributed by atoms with Gasteiger partial charge in [-0.25, -0.2) is 0 Å². The van der Waals surface area contributed by atoms with Gasteiger partial charge in [-0.1, -0.05) is 13.0 Å². The molecular weight excluding hydrogens is 230 g/mol. The first-order valence-electron chi connectivity index (χ1n) is 5.50. The fourth-order valence-electron chi connectivity index (χ4n) is 1.51. The van der Waals surface area contributed by atoms with Crippen molar-refractivity contribution in [3.8, 4) is 0 Å². The first-order valence-corrected chi connectivity index (χ1v) is 6.48. The molecule has 2 rings (SSSR count). The summed E-state index contributed by atoms with van der Waals surface area (Å²) in [6.45, 7) is 2.11. The lowest BCUT2D eigenvalue weighted by atomic mass is 10.1. The third kappa shape index (κ3) is 2.94. The standard InChI is InChI=1S/C14H13NOS/c1-2-17-12-8-6-11(7-9-12)14(16)13-5-3-4-10-15-13/h3-10H,2H2,1H3. The molecule has 2 aromatic rings. The average molecular weight is 243 g/mol. The molecule has 1 aromatic carbocycles. The predicted octanol–water partition coefficient (Wildman–Crippen LogP) is 3.42. The minimum atomic E-state index is -0.0290. The SMILES string of the molecule is CCSc1ccc(C(=O)c2ccccn2)cc1. The van der Waals surface area contributed by atoms with Crippen molar-refractivity contribution in [2.45, 2.75) is 11.8 Å². The van der Waals surface area contributed by atoms with Crippen molar-refractivity contribution in [2.75, 3.05) is 5.75 Å². The van der Waals surface area contributed by atoms with Crippen LogP contribution in [0.4, 0.5) is 0 Å². The van der Waals surface area contributed by atoms with Gasteiger partial charge in [0.2, 0.25) is 5.78 Å². The predicted molar refractivity (Wildman–Crippen MR) is 70.5 cm³/mol. The highest BCUT2D eigenvalue weighted by Crippen LogP contribution is 2.18. The smallest absolute Gasteiger partial charge is 0.211 e. The number of pyridine rings is 1. The molecule has 1 heterocycles.